The number of thioether (sulfide) groups is 1. The highest BCUT2D eigenvalue weighted by Crippen LogP contribution is 2.23. The third-order valence-electron chi connectivity index (χ3n) is 3.67. The molecule has 1 heterocycles. The topological polar surface area (TPSA) is 101 Å². The van der Waals surface area contributed by atoms with Crippen molar-refractivity contribution in [2.24, 2.45) is 0 Å². The van der Waals surface area contributed by atoms with Crippen LogP contribution in [0.15, 0.2) is 53.7 Å². The van der Waals surface area contributed by atoms with E-state index >= 15 is 0 Å². The molecule has 25 heavy (non-hydrogen) atoms. The summed E-state index contributed by atoms with van der Waals surface area (Å²) in [6, 6.07) is 14.1. The molecule has 2 aromatic carbocycles. The number of rotatable bonds is 6. The van der Waals surface area contributed by atoms with Crippen molar-refractivity contribution in [1.29, 1.82) is 0 Å². The van der Waals surface area contributed by atoms with Crippen LogP contribution in [0.2, 0.25) is 0 Å². The number of benzene rings is 2. The Morgan fingerprint density at radius 2 is 2.08 bits per heavy atom. The van der Waals surface area contributed by atoms with E-state index in [4.69, 9.17) is 0 Å². The van der Waals surface area contributed by atoms with Crippen molar-refractivity contribution >= 4 is 34.4 Å². The Hall–Kier alpha value is -2.87. The van der Waals surface area contributed by atoms with Crippen LogP contribution in [0.1, 0.15) is 18.5 Å². The molecular weight excluding hydrogens is 340 g/mol. The fourth-order valence-electron chi connectivity index (χ4n) is 2.40. The smallest absolute Gasteiger partial charge is 0.271 e. The molecule has 0 aliphatic carbocycles. The first-order valence-corrected chi connectivity index (χ1v) is 8.63. The highest BCUT2D eigenvalue weighted by molar-refractivity contribution is 7.99. The molecule has 0 spiro atoms. The zero-order valence-corrected chi connectivity index (χ0v) is 14.2. The Bertz CT molecular complexity index is 911. The molecule has 1 atom stereocenters. The Kier molecular flexibility index (Phi) is 4.99. The Balaban J connectivity index is 1.60. The minimum Gasteiger partial charge on any atom is -0.349 e. The lowest BCUT2D eigenvalue weighted by atomic mass is 10.1. The number of hydrogen-bond acceptors (Lipinski definition) is 5. The van der Waals surface area contributed by atoms with Gasteiger partial charge in [0.15, 0.2) is 5.16 Å². The largest absolute Gasteiger partial charge is 0.349 e. The van der Waals surface area contributed by atoms with Crippen molar-refractivity contribution in [2.75, 3.05) is 5.75 Å². The van der Waals surface area contributed by atoms with E-state index in [2.05, 4.69) is 15.3 Å². The third-order valence-corrected chi connectivity index (χ3v) is 4.54. The van der Waals surface area contributed by atoms with E-state index in [9.17, 15) is 14.9 Å². The van der Waals surface area contributed by atoms with Gasteiger partial charge in [-0.2, -0.15) is 0 Å². The minimum atomic E-state index is -0.453. The monoisotopic (exact) mass is 356 g/mol. The number of carbonyl (C=O) groups excluding carboxylic acids is 1. The Labute approximate surface area is 148 Å². The number of non-ortho nitro benzene ring substituents is 1. The average Bonchev–Trinajstić information content (AvgIpc) is 3.02. The lowest BCUT2D eigenvalue weighted by Crippen LogP contribution is -2.28. The van der Waals surface area contributed by atoms with Gasteiger partial charge in [0.1, 0.15) is 0 Å². The van der Waals surface area contributed by atoms with E-state index in [0.717, 1.165) is 5.56 Å². The summed E-state index contributed by atoms with van der Waals surface area (Å²) >= 11 is 1.26. The van der Waals surface area contributed by atoms with E-state index in [1.54, 1.807) is 6.07 Å². The van der Waals surface area contributed by atoms with Crippen LogP contribution in [-0.4, -0.2) is 26.6 Å². The van der Waals surface area contributed by atoms with Gasteiger partial charge in [-0.3, -0.25) is 14.9 Å². The molecule has 0 saturated heterocycles. The van der Waals surface area contributed by atoms with Crippen LogP contribution in [0.4, 0.5) is 5.69 Å². The number of aromatic amines is 1. The van der Waals surface area contributed by atoms with Crippen LogP contribution in [0.5, 0.6) is 0 Å². The number of nitrogens with one attached hydrogen (secondary N) is 2. The second-order valence-corrected chi connectivity index (χ2v) is 6.45. The van der Waals surface area contributed by atoms with E-state index in [-0.39, 0.29) is 23.4 Å². The summed E-state index contributed by atoms with van der Waals surface area (Å²) < 4.78 is 0. The van der Waals surface area contributed by atoms with Crippen LogP contribution < -0.4 is 5.32 Å². The maximum absolute atomic E-state index is 12.1. The number of amides is 1. The third kappa shape index (κ3) is 4.16. The fraction of sp³-hybridized carbons (Fsp3) is 0.176. The first-order valence-electron chi connectivity index (χ1n) is 7.64. The van der Waals surface area contributed by atoms with Crippen molar-refractivity contribution in [3.05, 3.63) is 64.2 Å². The quantitative estimate of drug-likeness (QED) is 0.400. The van der Waals surface area contributed by atoms with Gasteiger partial charge in [-0.25, -0.2) is 4.98 Å². The molecule has 0 bridgehead atoms. The molecule has 0 saturated carbocycles. The highest BCUT2D eigenvalue weighted by atomic mass is 32.2. The number of aromatic nitrogens is 2. The number of fused-ring (bicyclic) bond motifs is 1. The molecule has 128 valence electrons. The van der Waals surface area contributed by atoms with Crippen LogP contribution in [0, 0.1) is 10.1 Å². The molecule has 3 aromatic rings. The maximum Gasteiger partial charge on any atom is 0.271 e. The summed E-state index contributed by atoms with van der Waals surface area (Å²) in [7, 11) is 0. The number of H-pyrrole nitrogens is 1. The molecule has 2 N–H and O–H groups in total. The van der Waals surface area contributed by atoms with Gasteiger partial charge < -0.3 is 10.3 Å². The van der Waals surface area contributed by atoms with E-state index < -0.39 is 4.92 Å². The van der Waals surface area contributed by atoms with Crippen LogP contribution >= 0.6 is 11.8 Å². The van der Waals surface area contributed by atoms with Crippen LogP contribution in [-0.2, 0) is 4.79 Å². The number of nitro benzene ring substituents is 1. The van der Waals surface area contributed by atoms with Gasteiger partial charge in [0.05, 0.1) is 27.8 Å². The highest BCUT2D eigenvalue weighted by Gasteiger charge is 2.13. The summed E-state index contributed by atoms with van der Waals surface area (Å²) in [5.41, 5.74) is 2.25. The van der Waals surface area contributed by atoms with Gasteiger partial charge in [-0.15, -0.1) is 0 Å². The Morgan fingerprint density at radius 1 is 1.32 bits per heavy atom. The molecule has 0 radical (unpaired) electrons. The second kappa shape index (κ2) is 7.35. The molecule has 0 fully saturated rings. The summed E-state index contributed by atoms with van der Waals surface area (Å²) in [6.07, 6.45) is 0. The van der Waals surface area contributed by atoms with Crippen molar-refractivity contribution in [1.82, 2.24) is 15.3 Å². The summed E-state index contributed by atoms with van der Waals surface area (Å²) in [4.78, 5) is 29.8. The SMILES string of the molecule is CC(NC(=O)CSc1nc2ccc([N+](=O)[O-])cc2[nH]1)c1ccccc1. The van der Waals surface area contributed by atoms with Gasteiger partial charge in [-0.05, 0) is 18.6 Å². The van der Waals surface area contributed by atoms with E-state index in [1.165, 1.54) is 23.9 Å². The van der Waals surface area contributed by atoms with E-state index in [0.29, 0.717) is 16.2 Å². The number of hydrogen-bond donors (Lipinski definition) is 2. The molecule has 8 heteroatoms. The molecule has 0 aliphatic rings. The first-order chi connectivity index (χ1) is 12.0. The standard InChI is InChI=1S/C17H16N4O3S/c1-11(12-5-3-2-4-6-12)18-16(22)10-25-17-19-14-8-7-13(21(23)24)9-15(14)20-17/h2-9,11H,10H2,1H3,(H,18,22)(H,19,20). The molecule has 3 rings (SSSR count). The summed E-state index contributed by atoms with van der Waals surface area (Å²) in [6.45, 7) is 1.93. The molecule has 1 amide bonds. The number of imidazole rings is 1. The maximum atomic E-state index is 12.1. The van der Waals surface area contributed by atoms with Crippen LogP contribution in [0.3, 0.4) is 0 Å². The molecular formula is C17H16N4O3S. The van der Waals surface area contributed by atoms with Gasteiger partial charge in [0, 0.05) is 12.1 Å². The predicted octanol–water partition coefficient (Wildman–Crippen LogP) is 3.44. The number of nitrogens with zero attached hydrogens (tertiary/aromatic N) is 2. The van der Waals surface area contributed by atoms with Crippen molar-refractivity contribution in [2.45, 2.75) is 18.1 Å². The van der Waals surface area contributed by atoms with Gasteiger partial charge >= 0.3 is 0 Å². The zero-order valence-electron chi connectivity index (χ0n) is 13.4. The lowest BCUT2D eigenvalue weighted by molar-refractivity contribution is -0.384. The van der Waals surface area contributed by atoms with Crippen LogP contribution in [0.25, 0.3) is 11.0 Å². The average molecular weight is 356 g/mol. The lowest BCUT2D eigenvalue weighted by Gasteiger charge is -2.13. The summed E-state index contributed by atoms with van der Waals surface area (Å²) in [5, 5.41) is 14.3. The van der Waals surface area contributed by atoms with Gasteiger partial charge in [0.25, 0.3) is 5.69 Å². The summed E-state index contributed by atoms with van der Waals surface area (Å²) in [5.74, 6) is 0.104. The predicted molar refractivity (Wildman–Crippen MR) is 96.5 cm³/mol. The fourth-order valence-corrected chi connectivity index (χ4v) is 3.09. The zero-order chi connectivity index (χ0) is 17.8. The molecule has 0 aliphatic heterocycles. The Morgan fingerprint density at radius 3 is 2.80 bits per heavy atom. The number of carbonyl (C=O) groups is 1. The molecule has 7 nitrogen and oxygen atoms in total. The second-order valence-electron chi connectivity index (χ2n) is 5.49. The minimum absolute atomic E-state index is 0.00197. The van der Waals surface area contributed by atoms with Gasteiger partial charge in [0.2, 0.25) is 5.91 Å². The number of nitro groups is 1. The first kappa shape index (κ1) is 17.0. The normalized spacial score (nSPS) is 12.0. The van der Waals surface area contributed by atoms with Crippen molar-refractivity contribution in [3.63, 3.8) is 0 Å². The van der Waals surface area contributed by atoms with Crippen molar-refractivity contribution in [3.8, 4) is 0 Å². The molecule has 1 aromatic heterocycles. The molecule has 1 unspecified atom stereocenters. The van der Waals surface area contributed by atoms with Crippen molar-refractivity contribution < 1.29 is 9.72 Å². The van der Waals surface area contributed by atoms with E-state index in [1.807, 2.05) is 37.3 Å². The van der Waals surface area contributed by atoms with Gasteiger partial charge in [-0.1, -0.05) is 42.1 Å².